The van der Waals surface area contributed by atoms with Crippen molar-refractivity contribution in [2.45, 2.75) is 50.3 Å². The molecule has 2 rings (SSSR count). The minimum Gasteiger partial charge on any atom is -0.391 e. The highest BCUT2D eigenvalue weighted by atomic mass is 16.5. The number of fused-ring (bicyclic) bond motifs is 1. The molecule has 0 bridgehead atoms. The second-order valence-electron chi connectivity index (χ2n) is 4.30. The molecule has 15 heavy (non-hydrogen) atoms. The smallest absolute Gasteiger partial charge is 0.111 e. The Morgan fingerprint density at radius 1 is 1.20 bits per heavy atom. The molecule has 0 spiro atoms. The maximum absolute atomic E-state index is 9.79. The number of aliphatic hydroxyl groups excluding tert-OH is 3. The van der Waals surface area contributed by atoms with Crippen molar-refractivity contribution in [1.82, 2.24) is 4.90 Å². The highest BCUT2D eigenvalue weighted by Crippen LogP contribution is 2.32. The fraction of sp³-hybridized carbons (Fsp3) is 1.00. The van der Waals surface area contributed by atoms with Crippen LogP contribution in [-0.4, -0.2) is 64.0 Å². The Morgan fingerprint density at radius 3 is 2.60 bits per heavy atom. The highest BCUT2D eigenvalue weighted by Gasteiger charge is 2.49. The van der Waals surface area contributed by atoms with E-state index in [1.54, 1.807) is 0 Å². The molecule has 0 aliphatic carbocycles. The number of hydrogen-bond donors (Lipinski definition) is 3. The number of rotatable bonds is 2. The van der Waals surface area contributed by atoms with Crippen molar-refractivity contribution >= 4 is 0 Å². The van der Waals surface area contributed by atoms with Crippen LogP contribution in [-0.2, 0) is 4.74 Å². The van der Waals surface area contributed by atoms with Gasteiger partial charge in [-0.1, -0.05) is 0 Å². The molecule has 0 aromatic carbocycles. The van der Waals surface area contributed by atoms with Gasteiger partial charge in [-0.25, -0.2) is 0 Å². The van der Waals surface area contributed by atoms with Crippen molar-refractivity contribution in [2.24, 2.45) is 0 Å². The van der Waals surface area contributed by atoms with Crippen LogP contribution in [0.5, 0.6) is 0 Å². The molecule has 5 atom stereocenters. The summed E-state index contributed by atoms with van der Waals surface area (Å²) in [6, 6.07) is -0.370. The van der Waals surface area contributed by atoms with Crippen LogP contribution in [0.4, 0.5) is 0 Å². The normalized spacial score (nSPS) is 46.8. The average molecular weight is 217 g/mol. The Balaban J connectivity index is 2.10. The second-order valence-corrected chi connectivity index (χ2v) is 4.30. The van der Waals surface area contributed by atoms with E-state index in [9.17, 15) is 15.3 Å². The van der Waals surface area contributed by atoms with Gasteiger partial charge in [-0.15, -0.1) is 0 Å². The molecule has 2 aliphatic rings. The predicted octanol–water partition coefficient (Wildman–Crippen LogP) is -1.09. The lowest BCUT2D eigenvalue weighted by Gasteiger charge is -2.40. The van der Waals surface area contributed by atoms with Gasteiger partial charge in [0.2, 0.25) is 0 Å². The average Bonchev–Trinajstić information content (AvgIpc) is 2.50. The van der Waals surface area contributed by atoms with Gasteiger partial charge in [-0.3, -0.25) is 4.90 Å². The SMILES string of the molecule is CCO[C@H]1CC[C@@H](O)[C@@H]2[C@H](O)[C@H](O)CN21. The van der Waals surface area contributed by atoms with Gasteiger partial charge in [0, 0.05) is 13.2 Å². The minimum absolute atomic E-state index is 0.0739. The van der Waals surface area contributed by atoms with Gasteiger partial charge in [-0.05, 0) is 19.8 Å². The molecule has 2 fully saturated rings. The first-order valence-corrected chi connectivity index (χ1v) is 5.56. The van der Waals surface area contributed by atoms with Gasteiger partial charge in [0.25, 0.3) is 0 Å². The monoisotopic (exact) mass is 217 g/mol. The largest absolute Gasteiger partial charge is 0.391 e. The van der Waals surface area contributed by atoms with E-state index in [1.807, 2.05) is 11.8 Å². The molecule has 2 heterocycles. The third kappa shape index (κ3) is 1.90. The highest BCUT2D eigenvalue weighted by molar-refractivity contribution is 5.00. The molecular weight excluding hydrogens is 198 g/mol. The summed E-state index contributed by atoms with van der Waals surface area (Å²) in [5, 5.41) is 29.1. The lowest BCUT2D eigenvalue weighted by Crippen LogP contribution is -2.54. The summed E-state index contributed by atoms with van der Waals surface area (Å²) in [6.07, 6.45) is -0.890. The lowest BCUT2D eigenvalue weighted by molar-refractivity contribution is -0.132. The first-order valence-electron chi connectivity index (χ1n) is 5.56. The first-order chi connectivity index (χ1) is 7.15. The summed E-state index contributed by atoms with van der Waals surface area (Å²) in [5.41, 5.74) is 0. The molecule has 0 unspecified atom stereocenters. The zero-order valence-electron chi connectivity index (χ0n) is 8.91. The quantitative estimate of drug-likeness (QED) is 0.548. The van der Waals surface area contributed by atoms with Crippen LogP contribution >= 0.6 is 0 Å². The van der Waals surface area contributed by atoms with Crippen LogP contribution in [0.1, 0.15) is 19.8 Å². The molecule has 0 saturated carbocycles. The fourth-order valence-corrected chi connectivity index (χ4v) is 2.65. The molecule has 0 amide bonds. The van der Waals surface area contributed by atoms with Crippen molar-refractivity contribution < 1.29 is 20.1 Å². The zero-order valence-corrected chi connectivity index (χ0v) is 8.91. The van der Waals surface area contributed by atoms with Crippen LogP contribution < -0.4 is 0 Å². The van der Waals surface area contributed by atoms with Crippen molar-refractivity contribution in [2.75, 3.05) is 13.2 Å². The molecule has 0 aromatic rings. The number of piperidine rings is 1. The van der Waals surface area contributed by atoms with E-state index in [0.717, 1.165) is 6.42 Å². The minimum atomic E-state index is -0.858. The number of aliphatic hydroxyl groups is 3. The lowest BCUT2D eigenvalue weighted by atomic mass is 9.96. The van der Waals surface area contributed by atoms with Crippen LogP contribution in [0.2, 0.25) is 0 Å². The molecule has 0 aromatic heterocycles. The number of hydrogen-bond acceptors (Lipinski definition) is 5. The molecule has 3 N–H and O–H groups in total. The van der Waals surface area contributed by atoms with E-state index >= 15 is 0 Å². The van der Waals surface area contributed by atoms with Gasteiger partial charge in [0.1, 0.15) is 6.23 Å². The number of nitrogens with zero attached hydrogens (tertiary/aromatic N) is 1. The summed E-state index contributed by atoms with van der Waals surface area (Å²) < 4.78 is 5.53. The van der Waals surface area contributed by atoms with Gasteiger partial charge in [0.05, 0.1) is 24.4 Å². The van der Waals surface area contributed by atoms with Crippen molar-refractivity contribution in [3.05, 3.63) is 0 Å². The Kier molecular flexibility index (Phi) is 3.27. The first kappa shape index (κ1) is 11.3. The summed E-state index contributed by atoms with van der Waals surface area (Å²) in [5.74, 6) is 0. The molecule has 5 heteroatoms. The van der Waals surface area contributed by atoms with Crippen molar-refractivity contribution in [3.8, 4) is 0 Å². The zero-order chi connectivity index (χ0) is 11.0. The van der Waals surface area contributed by atoms with E-state index < -0.39 is 18.3 Å². The van der Waals surface area contributed by atoms with E-state index in [-0.39, 0.29) is 12.3 Å². The molecule has 2 aliphatic heterocycles. The Morgan fingerprint density at radius 2 is 1.93 bits per heavy atom. The maximum Gasteiger partial charge on any atom is 0.111 e. The van der Waals surface area contributed by atoms with E-state index in [4.69, 9.17) is 4.74 Å². The summed E-state index contributed by atoms with van der Waals surface area (Å²) in [4.78, 5) is 1.88. The molecule has 0 radical (unpaired) electrons. The van der Waals surface area contributed by atoms with Crippen LogP contribution in [0.3, 0.4) is 0 Å². The maximum atomic E-state index is 9.79. The van der Waals surface area contributed by atoms with Crippen molar-refractivity contribution in [1.29, 1.82) is 0 Å². The Bertz CT molecular complexity index is 225. The topological polar surface area (TPSA) is 73.2 Å². The molecule has 2 saturated heterocycles. The van der Waals surface area contributed by atoms with E-state index in [2.05, 4.69) is 0 Å². The van der Waals surface area contributed by atoms with Crippen molar-refractivity contribution in [3.63, 3.8) is 0 Å². The molecular formula is C10H19NO4. The second kappa shape index (κ2) is 4.35. The Hall–Kier alpha value is -0.200. The van der Waals surface area contributed by atoms with E-state index in [0.29, 0.717) is 19.6 Å². The van der Waals surface area contributed by atoms with Crippen LogP contribution in [0.25, 0.3) is 0 Å². The van der Waals surface area contributed by atoms with Gasteiger partial charge in [0.15, 0.2) is 0 Å². The van der Waals surface area contributed by atoms with Crippen LogP contribution in [0.15, 0.2) is 0 Å². The third-order valence-electron chi connectivity index (χ3n) is 3.36. The van der Waals surface area contributed by atoms with E-state index in [1.165, 1.54) is 0 Å². The summed E-state index contributed by atoms with van der Waals surface area (Å²) in [6.45, 7) is 2.91. The molecule has 5 nitrogen and oxygen atoms in total. The number of ether oxygens (including phenoxy) is 1. The standard InChI is InChI=1S/C10H19NO4/c1-2-15-8-4-3-6(12)9-10(14)7(13)5-11(8)9/h6-10,12-14H,2-5H2,1H3/t6-,7-,8+,9-,10-/m1/s1. The third-order valence-corrected chi connectivity index (χ3v) is 3.36. The Labute approximate surface area is 89.3 Å². The predicted molar refractivity (Wildman–Crippen MR) is 53.2 cm³/mol. The van der Waals surface area contributed by atoms with Gasteiger partial charge >= 0.3 is 0 Å². The summed E-state index contributed by atoms with van der Waals surface area (Å²) >= 11 is 0. The molecule has 88 valence electrons. The van der Waals surface area contributed by atoms with Gasteiger partial charge < -0.3 is 20.1 Å². The fourth-order valence-electron chi connectivity index (χ4n) is 2.65. The van der Waals surface area contributed by atoms with Gasteiger partial charge in [-0.2, -0.15) is 0 Å². The van der Waals surface area contributed by atoms with Crippen LogP contribution in [0, 0.1) is 0 Å². The summed E-state index contributed by atoms with van der Waals surface area (Å²) in [7, 11) is 0.